The summed E-state index contributed by atoms with van der Waals surface area (Å²) in [5, 5.41) is 19.8. The summed E-state index contributed by atoms with van der Waals surface area (Å²) in [6.07, 6.45) is 0. The van der Waals surface area contributed by atoms with E-state index in [-0.39, 0.29) is 10.6 Å². The molecule has 0 radical (unpaired) electrons. The molecule has 1 rings (SSSR count). The Balaban J connectivity index is 3.27. The third-order valence-electron chi connectivity index (χ3n) is 2.89. The maximum absolute atomic E-state index is 12.3. The van der Waals surface area contributed by atoms with Crippen LogP contribution in [0, 0.1) is 23.0 Å². The predicted molar refractivity (Wildman–Crippen MR) is 74.4 cm³/mol. The molecule has 0 saturated carbocycles. The van der Waals surface area contributed by atoms with Gasteiger partial charge in [0.15, 0.2) is 0 Å². The second-order valence-electron chi connectivity index (χ2n) is 4.89. The molecule has 116 valence electrons. The summed E-state index contributed by atoms with van der Waals surface area (Å²) in [4.78, 5) is 20.8. The Bertz CT molecular complexity index is 668. The molecule has 0 aromatic heterocycles. The number of benzene rings is 1. The Hall–Kier alpha value is -2.00. The monoisotopic (exact) mass is 316 g/mol. The summed E-state index contributed by atoms with van der Waals surface area (Å²) < 4.78 is 26.6. The van der Waals surface area contributed by atoms with Gasteiger partial charge >= 0.3 is 5.97 Å². The van der Waals surface area contributed by atoms with Crippen molar-refractivity contribution in [3.05, 3.63) is 33.9 Å². The third kappa shape index (κ3) is 3.99. The fraction of sp³-hybridized carbons (Fsp3) is 0.417. The van der Waals surface area contributed by atoms with Gasteiger partial charge in [0.25, 0.3) is 5.69 Å². The predicted octanol–water partition coefficient (Wildman–Crippen LogP) is 1.29. The number of hydrogen-bond donors (Lipinski definition) is 2. The largest absolute Gasteiger partial charge is 0.480 e. The highest BCUT2D eigenvalue weighted by Crippen LogP contribution is 2.22. The van der Waals surface area contributed by atoms with Crippen molar-refractivity contribution in [2.24, 2.45) is 5.92 Å². The molecule has 0 aliphatic rings. The Morgan fingerprint density at radius 1 is 1.38 bits per heavy atom. The van der Waals surface area contributed by atoms with Gasteiger partial charge in [0.05, 0.1) is 9.82 Å². The zero-order valence-corrected chi connectivity index (χ0v) is 12.5. The number of nitrogens with one attached hydrogen (secondary N) is 1. The van der Waals surface area contributed by atoms with E-state index in [0.717, 1.165) is 6.07 Å². The van der Waals surface area contributed by atoms with Gasteiger partial charge in [0.1, 0.15) is 6.04 Å². The van der Waals surface area contributed by atoms with E-state index in [9.17, 15) is 23.3 Å². The van der Waals surface area contributed by atoms with E-state index in [1.54, 1.807) is 13.8 Å². The fourth-order valence-corrected chi connectivity index (χ4v) is 3.30. The Labute approximate surface area is 122 Å². The molecule has 0 aliphatic carbocycles. The first-order valence-electron chi connectivity index (χ1n) is 6.06. The summed E-state index contributed by atoms with van der Waals surface area (Å²) in [6.45, 7) is 4.59. The van der Waals surface area contributed by atoms with Crippen molar-refractivity contribution < 1.29 is 23.2 Å². The van der Waals surface area contributed by atoms with E-state index >= 15 is 0 Å². The number of carbonyl (C=O) groups is 1. The van der Waals surface area contributed by atoms with E-state index < -0.39 is 32.9 Å². The lowest BCUT2D eigenvalue weighted by atomic mass is 10.1. The molecule has 1 aromatic carbocycles. The van der Waals surface area contributed by atoms with E-state index in [2.05, 4.69) is 4.72 Å². The molecule has 0 saturated heterocycles. The van der Waals surface area contributed by atoms with Gasteiger partial charge in [0, 0.05) is 12.1 Å². The van der Waals surface area contributed by atoms with Gasteiger partial charge in [0.2, 0.25) is 10.0 Å². The number of hydrogen-bond acceptors (Lipinski definition) is 5. The molecule has 21 heavy (non-hydrogen) atoms. The van der Waals surface area contributed by atoms with E-state index in [1.165, 1.54) is 19.1 Å². The molecule has 0 bridgehead atoms. The summed E-state index contributed by atoms with van der Waals surface area (Å²) in [7, 11) is -4.17. The van der Waals surface area contributed by atoms with Crippen molar-refractivity contribution in [2.75, 3.05) is 0 Å². The average molecular weight is 316 g/mol. The number of rotatable bonds is 6. The summed E-state index contributed by atoms with van der Waals surface area (Å²) >= 11 is 0. The minimum atomic E-state index is -4.17. The third-order valence-corrected chi connectivity index (χ3v) is 4.47. The lowest BCUT2D eigenvalue weighted by Gasteiger charge is -2.18. The number of nitro groups is 1. The van der Waals surface area contributed by atoms with Gasteiger partial charge in [-0.25, -0.2) is 8.42 Å². The van der Waals surface area contributed by atoms with Crippen LogP contribution in [0.2, 0.25) is 0 Å². The maximum Gasteiger partial charge on any atom is 0.322 e. The Morgan fingerprint density at radius 3 is 2.38 bits per heavy atom. The van der Waals surface area contributed by atoms with Crippen molar-refractivity contribution in [3.63, 3.8) is 0 Å². The van der Waals surface area contributed by atoms with Crippen LogP contribution in [0.5, 0.6) is 0 Å². The second-order valence-corrected chi connectivity index (χ2v) is 6.57. The molecule has 1 atom stereocenters. The number of carboxylic acid groups (broad SMARTS) is 1. The molecule has 9 heteroatoms. The van der Waals surface area contributed by atoms with E-state index in [1.807, 2.05) is 0 Å². The number of sulfonamides is 1. The standard InChI is InChI=1S/C12H16N2O6S/c1-7(2)11(12(15)16)13-21(19,20)10-6-9(14(17)18)5-4-8(10)3/h4-7,11,13H,1-3H3,(H,15,16)/t11-/m1/s1. The van der Waals surface area contributed by atoms with Crippen LogP contribution in [0.1, 0.15) is 19.4 Å². The van der Waals surface area contributed by atoms with Crippen LogP contribution in [-0.2, 0) is 14.8 Å². The van der Waals surface area contributed by atoms with Crippen LogP contribution < -0.4 is 4.72 Å². The van der Waals surface area contributed by atoms with E-state index in [0.29, 0.717) is 5.56 Å². The first-order valence-corrected chi connectivity index (χ1v) is 7.54. The fourth-order valence-electron chi connectivity index (χ4n) is 1.69. The van der Waals surface area contributed by atoms with Crippen molar-refractivity contribution in [2.45, 2.75) is 31.7 Å². The highest BCUT2D eigenvalue weighted by molar-refractivity contribution is 7.89. The zero-order chi connectivity index (χ0) is 16.4. The highest BCUT2D eigenvalue weighted by atomic mass is 32.2. The van der Waals surface area contributed by atoms with Crippen LogP contribution in [0.3, 0.4) is 0 Å². The molecule has 8 nitrogen and oxygen atoms in total. The van der Waals surface area contributed by atoms with Gasteiger partial charge in [-0.2, -0.15) is 4.72 Å². The normalized spacial score (nSPS) is 13.1. The number of nitro benzene ring substituents is 1. The molecule has 1 aromatic rings. The lowest BCUT2D eigenvalue weighted by molar-refractivity contribution is -0.385. The number of nitrogens with zero attached hydrogens (tertiary/aromatic N) is 1. The first kappa shape index (κ1) is 17.1. The molecule has 0 spiro atoms. The van der Waals surface area contributed by atoms with Crippen molar-refractivity contribution in [3.8, 4) is 0 Å². The van der Waals surface area contributed by atoms with Gasteiger partial charge in [-0.3, -0.25) is 14.9 Å². The minimum absolute atomic E-state index is 0.293. The van der Waals surface area contributed by atoms with Gasteiger partial charge in [-0.1, -0.05) is 19.9 Å². The molecular weight excluding hydrogens is 300 g/mol. The molecular formula is C12H16N2O6S. The molecule has 0 heterocycles. The number of non-ortho nitro benzene ring substituents is 1. The maximum atomic E-state index is 12.3. The van der Waals surface area contributed by atoms with Crippen LogP contribution >= 0.6 is 0 Å². The Kier molecular flexibility index (Phi) is 5.02. The minimum Gasteiger partial charge on any atom is -0.480 e. The molecule has 0 amide bonds. The van der Waals surface area contributed by atoms with Gasteiger partial charge in [-0.15, -0.1) is 0 Å². The molecule has 0 fully saturated rings. The van der Waals surface area contributed by atoms with Crippen LogP contribution in [0.4, 0.5) is 5.69 Å². The van der Waals surface area contributed by atoms with Crippen LogP contribution in [-0.4, -0.2) is 30.5 Å². The molecule has 0 aliphatic heterocycles. The van der Waals surface area contributed by atoms with Crippen molar-refractivity contribution in [1.29, 1.82) is 0 Å². The average Bonchev–Trinajstić information content (AvgIpc) is 2.35. The van der Waals surface area contributed by atoms with Crippen molar-refractivity contribution in [1.82, 2.24) is 4.72 Å². The summed E-state index contributed by atoms with van der Waals surface area (Å²) in [6, 6.07) is 2.09. The number of aryl methyl sites for hydroxylation is 1. The van der Waals surface area contributed by atoms with Gasteiger partial charge < -0.3 is 5.11 Å². The molecule has 2 N–H and O–H groups in total. The Morgan fingerprint density at radius 2 is 1.95 bits per heavy atom. The van der Waals surface area contributed by atoms with Crippen LogP contribution in [0.25, 0.3) is 0 Å². The number of carboxylic acids is 1. The summed E-state index contributed by atoms with van der Waals surface area (Å²) in [5.41, 5.74) is -0.0848. The molecule has 0 unspecified atom stereocenters. The summed E-state index contributed by atoms with van der Waals surface area (Å²) in [5.74, 6) is -1.78. The second kappa shape index (κ2) is 6.19. The first-order chi connectivity index (χ1) is 9.56. The lowest BCUT2D eigenvalue weighted by Crippen LogP contribution is -2.44. The quantitative estimate of drug-likeness (QED) is 0.601. The van der Waals surface area contributed by atoms with Crippen LogP contribution in [0.15, 0.2) is 23.1 Å². The topological polar surface area (TPSA) is 127 Å². The van der Waals surface area contributed by atoms with Crippen molar-refractivity contribution >= 4 is 21.7 Å². The smallest absolute Gasteiger partial charge is 0.322 e. The van der Waals surface area contributed by atoms with E-state index in [4.69, 9.17) is 5.11 Å². The zero-order valence-electron chi connectivity index (χ0n) is 11.7. The van der Waals surface area contributed by atoms with Gasteiger partial charge in [-0.05, 0) is 18.4 Å². The SMILES string of the molecule is Cc1ccc([N+](=O)[O-])cc1S(=O)(=O)N[C@@H](C(=O)O)C(C)C. The highest BCUT2D eigenvalue weighted by Gasteiger charge is 2.29. The number of aliphatic carboxylic acids is 1.